The molecule has 5 aromatic rings. The quantitative estimate of drug-likeness (QED) is 0.149. The largest absolute Gasteiger partial charge is 0.479 e. The molecule has 41 heavy (non-hydrogen) atoms. The van der Waals surface area contributed by atoms with Crippen LogP contribution in [0.15, 0.2) is 97.1 Å². The molecular weight excluding hydrogens is 536 g/mol. The molecular formula is C33H33ClN4O3. The molecule has 0 spiro atoms. The molecule has 0 aliphatic rings. The van der Waals surface area contributed by atoms with Crippen LogP contribution in [-0.4, -0.2) is 40.1 Å². The predicted octanol–water partition coefficient (Wildman–Crippen LogP) is 7.69. The Morgan fingerprint density at radius 2 is 1.37 bits per heavy atom. The van der Waals surface area contributed by atoms with Crippen molar-refractivity contribution in [1.82, 2.24) is 14.8 Å². The van der Waals surface area contributed by atoms with Gasteiger partial charge in [0.05, 0.1) is 12.6 Å². The molecule has 1 amide bonds. The van der Waals surface area contributed by atoms with Gasteiger partial charge in [-0.1, -0.05) is 103 Å². The molecule has 0 N–H and O–H groups in total. The summed E-state index contributed by atoms with van der Waals surface area (Å²) in [5.74, 6) is 0.628. The fraction of sp³-hybridized carbons (Fsp3) is 0.242. The van der Waals surface area contributed by atoms with Gasteiger partial charge in [0.2, 0.25) is 5.88 Å². The van der Waals surface area contributed by atoms with Crippen LogP contribution in [0.4, 0.5) is 10.6 Å². The minimum Gasteiger partial charge on any atom is -0.479 e. The molecule has 0 atom stereocenters. The lowest BCUT2D eigenvalue weighted by Gasteiger charge is -2.37. The summed E-state index contributed by atoms with van der Waals surface area (Å²) in [5.41, 5.74) is 1.98. The van der Waals surface area contributed by atoms with E-state index in [1.165, 1.54) is 4.90 Å². The summed E-state index contributed by atoms with van der Waals surface area (Å²) in [6.45, 7) is 7.63. The first kappa shape index (κ1) is 28.2. The van der Waals surface area contributed by atoms with Gasteiger partial charge in [0.1, 0.15) is 21.7 Å². The summed E-state index contributed by atoms with van der Waals surface area (Å²) in [6, 6.07) is 32.3. The third-order valence-electron chi connectivity index (χ3n) is 6.85. The Morgan fingerprint density at radius 1 is 0.878 bits per heavy atom. The first-order valence-corrected chi connectivity index (χ1v) is 13.9. The van der Waals surface area contributed by atoms with Crippen LogP contribution in [-0.2, 0) is 10.3 Å². The lowest BCUT2D eigenvalue weighted by atomic mass is 9.77. The number of hydrogen-bond acceptors (Lipinski definition) is 5. The molecule has 2 aromatic heterocycles. The van der Waals surface area contributed by atoms with Gasteiger partial charge in [-0.05, 0) is 44.4 Å². The third-order valence-corrected chi connectivity index (χ3v) is 7.05. The van der Waals surface area contributed by atoms with Crippen LogP contribution in [0.3, 0.4) is 0 Å². The number of halogens is 1. The van der Waals surface area contributed by atoms with E-state index in [0.29, 0.717) is 29.1 Å². The number of carbonyl (C=O) groups is 1. The Hall–Kier alpha value is -4.36. The third kappa shape index (κ3) is 5.13. The Kier molecular flexibility index (Phi) is 7.74. The number of fused-ring (bicyclic) bond motifs is 1. The van der Waals surface area contributed by atoms with E-state index in [1.807, 2.05) is 87.0 Å². The summed E-state index contributed by atoms with van der Waals surface area (Å²) in [4.78, 5) is 19.4. The van der Waals surface area contributed by atoms with Gasteiger partial charge in [0.15, 0.2) is 5.82 Å². The number of anilines is 1. The van der Waals surface area contributed by atoms with Crippen molar-refractivity contribution in [2.75, 3.05) is 18.6 Å². The average molecular weight is 569 g/mol. The molecule has 0 aliphatic carbocycles. The van der Waals surface area contributed by atoms with Gasteiger partial charge >= 0.3 is 6.09 Å². The van der Waals surface area contributed by atoms with Gasteiger partial charge in [0.25, 0.3) is 0 Å². The Bertz CT molecular complexity index is 1550. The monoisotopic (exact) mass is 568 g/mol. The number of amides is 1. The smallest absolute Gasteiger partial charge is 0.416 e. The molecule has 210 valence electrons. The standard InChI is InChI=1S/C33H33ClN4O3/c1-6-37(31(39)41-32(2,3)4)29-28-26(22-27(34)35-29)38(36-30(28)40-5)33(23-16-10-7-11-17-23,24-18-12-8-13-19-24)25-20-14-9-15-21-25/h7-22H,6H2,1-5H3. The van der Waals surface area contributed by atoms with Crippen molar-refractivity contribution in [2.24, 2.45) is 0 Å². The number of nitrogens with zero attached hydrogens (tertiary/aromatic N) is 4. The van der Waals surface area contributed by atoms with Crippen LogP contribution in [0.1, 0.15) is 44.4 Å². The van der Waals surface area contributed by atoms with Crippen molar-refractivity contribution in [3.8, 4) is 5.88 Å². The molecule has 0 fully saturated rings. The van der Waals surface area contributed by atoms with Gasteiger partial charge in [-0.3, -0.25) is 4.90 Å². The normalized spacial score (nSPS) is 11.9. The highest BCUT2D eigenvalue weighted by molar-refractivity contribution is 6.30. The van der Waals surface area contributed by atoms with Crippen molar-refractivity contribution in [1.29, 1.82) is 0 Å². The number of ether oxygens (including phenoxy) is 2. The fourth-order valence-electron chi connectivity index (χ4n) is 5.24. The lowest BCUT2D eigenvalue weighted by Crippen LogP contribution is -2.39. The maximum atomic E-state index is 13.4. The topological polar surface area (TPSA) is 69.5 Å². The minimum absolute atomic E-state index is 0.210. The van der Waals surface area contributed by atoms with Crippen LogP contribution in [0.2, 0.25) is 5.15 Å². The molecule has 0 saturated heterocycles. The second-order valence-electron chi connectivity index (χ2n) is 10.6. The van der Waals surface area contributed by atoms with Gasteiger partial charge in [-0.2, -0.15) is 0 Å². The molecule has 0 aliphatic heterocycles. The zero-order valence-electron chi connectivity index (χ0n) is 23.8. The van der Waals surface area contributed by atoms with E-state index in [9.17, 15) is 4.79 Å². The average Bonchev–Trinajstić information content (AvgIpc) is 3.33. The fourth-order valence-corrected chi connectivity index (χ4v) is 5.42. The maximum Gasteiger partial charge on any atom is 0.416 e. The van der Waals surface area contributed by atoms with Crippen LogP contribution >= 0.6 is 11.6 Å². The summed E-state index contributed by atoms with van der Waals surface area (Å²) in [7, 11) is 1.56. The molecule has 0 radical (unpaired) electrons. The van der Waals surface area contributed by atoms with Crippen molar-refractivity contribution in [3.63, 3.8) is 0 Å². The number of methoxy groups -OCH3 is 1. The first-order chi connectivity index (χ1) is 19.7. The van der Waals surface area contributed by atoms with Crippen LogP contribution < -0.4 is 9.64 Å². The summed E-state index contributed by atoms with van der Waals surface area (Å²) in [6.07, 6.45) is -0.536. The maximum absolute atomic E-state index is 13.4. The van der Waals surface area contributed by atoms with Crippen molar-refractivity contribution in [2.45, 2.75) is 38.8 Å². The number of hydrogen-bond donors (Lipinski definition) is 0. The van der Waals surface area contributed by atoms with Crippen molar-refractivity contribution in [3.05, 3.63) is 119 Å². The number of rotatable bonds is 7. The summed E-state index contributed by atoms with van der Waals surface area (Å²) < 4.78 is 13.5. The van der Waals surface area contributed by atoms with E-state index >= 15 is 0 Å². The van der Waals surface area contributed by atoms with Gasteiger partial charge in [-0.15, -0.1) is 5.10 Å². The second-order valence-corrected chi connectivity index (χ2v) is 11.0. The number of aromatic nitrogens is 3. The van der Waals surface area contributed by atoms with Crippen LogP contribution in [0, 0.1) is 0 Å². The van der Waals surface area contributed by atoms with Gasteiger partial charge < -0.3 is 9.47 Å². The van der Waals surface area contributed by atoms with Crippen molar-refractivity contribution < 1.29 is 14.3 Å². The highest BCUT2D eigenvalue weighted by atomic mass is 35.5. The number of pyridine rings is 1. The number of benzene rings is 3. The Balaban J connectivity index is 1.91. The highest BCUT2D eigenvalue weighted by Gasteiger charge is 2.42. The molecule has 3 aromatic carbocycles. The molecule has 0 bridgehead atoms. The van der Waals surface area contributed by atoms with E-state index in [4.69, 9.17) is 26.2 Å². The van der Waals surface area contributed by atoms with E-state index < -0.39 is 17.2 Å². The SMILES string of the molecule is CCN(C(=O)OC(C)(C)C)c1nc(Cl)cc2c1c(OC)nn2C(c1ccccc1)(c1ccccc1)c1ccccc1. The minimum atomic E-state index is -0.927. The lowest BCUT2D eigenvalue weighted by molar-refractivity contribution is 0.0581. The zero-order valence-corrected chi connectivity index (χ0v) is 24.6. The zero-order chi connectivity index (χ0) is 29.2. The van der Waals surface area contributed by atoms with E-state index in [2.05, 4.69) is 41.4 Å². The van der Waals surface area contributed by atoms with E-state index in [0.717, 1.165) is 16.7 Å². The van der Waals surface area contributed by atoms with E-state index in [-0.39, 0.29) is 5.15 Å². The predicted molar refractivity (Wildman–Crippen MR) is 163 cm³/mol. The summed E-state index contributed by atoms with van der Waals surface area (Å²) >= 11 is 6.70. The molecule has 0 unspecified atom stereocenters. The van der Waals surface area contributed by atoms with Crippen LogP contribution in [0.25, 0.3) is 10.9 Å². The second kappa shape index (κ2) is 11.3. The molecule has 0 saturated carbocycles. The Morgan fingerprint density at radius 3 is 1.78 bits per heavy atom. The number of carbonyl (C=O) groups excluding carboxylic acids is 1. The summed E-state index contributed by atoms with van der Waals surface area (Å²) in [5, 5.41) is 5.84. The Labute approximate surface area is 245 Å². The first-order valence-electron chi connectivity index (χ1n) is 13.5. The highest BCUT2D eigenvalue weighted by Crippen LogP contribution is 2.45. The molecule has 5 rings (SSSR count). The van der Waals surface area contributed by atoms with Gasteiger partial charge in [-0.25, -0.2) is 14.5 Å². The van der Waals surface area contributed by atoms with Crippen LogP contribution in [0.5, 0.6) is 5.88 Å². The molecule has 8 heteroatoms. The van der Waals surface area contributed by atoms with Crippen molar-refractivity contribution >= 4 is 34.4 Å². The molecule has 2 heterocycles. The van der Waals surface area contributed by atoms with E-state index in [1.54, 1.807) is 13.2 Å². The molecule has 7 nitrogen and oxygen atoms in total. The van der Waals surface area contributed by atoms with Gasteiger partial charge in [0, 0.05) is 12.6 Å².